The van der Waals surface area contributed by atoms with E-state index in [9.17, 15) is 19.8 Å². The summed E-state index contributed by atoms with van der Waals surface area (Å²) < 4.78 is 6.46. The maximum absolute atomic E-state index is 14.4. The molecule has 48 heavy (non-hydrogen) atoms. The van der Waals surface area contributed by atoms with Gasteiger partial charge in [0.25, 0.3) is 0 Å². The minimum absolute atomic E-state index is 0.0516. The first-order valence-corrected chi connectivity index (χ1v) is 17.5. The molecular formula is C38H39Cl3N2O5. The van der Waals surface area contributed by atoms with E-state index in [2.05, 4.69) is 10.6 Å². The third kappa shape index (κ3) is 6.08. The molecule has 0 atom stereocenters. The van der Waals surface area contributed by atoms with Gasteiger partial charge in [-0.25, -0.2) is 0 Å². The minimum atomic E-state index is -0.711. The topological polar surface area (TPSA) is 108 Å². The number of carbonyl (C=O) groups excluding carboxylic acids is 2. The number of unbranched alkanes of at least 4 members (excludes halogenated alkanes) is 1. The van der Waals surface area contributed by atoms with Crippen molar-refractivity contribution in [3.05, 3.63) is 96.0 Å². The summed E-state index contributed by atoms with van der Waals surface area (Å²) in [7, 11) is 0. The van der Waals surface area contributed by atoms with Crippen molar-refractivity contribution in [2.24, 2.45) is 0 Å². The van der Waals surface area contributed by atoms with Crippen molar-refractivity contribution < 1.29 is 24.5 Å². The number of hydrogen-bond donors (Lipinski definition) is 4. The molecule has 7 nitrogen and oxygen atoms in total. The van der Waals surface area contributed by atoms with Crippen molar-refractivity contribution in [2.75, 3.05) is 17.2 Å². The molecular weight excluding hydrogens is 671 g/mol. The first kappa shape index (κ1) is 35.4. The summed E-state index contributed by atoms with van der Waals surface area (Å²) in [6.45, 7) is 10.3. The third-order valence-electron chi connectivity index (χ3n) is 8.86. The lowest BCUT2D eigenvalue weighted by atomic mass is 9.81. The van der Waals surface area contributed by atoms with Gasteiger partial charge in [-0.05, 0) is 78.6 Å². The number of ketones is 2. The Morgan fingerprint density at radius 1 is 0.604 bits per heavy atom. The Morgan fingerprint density at radius 3 is 1.54 bits per heavy atom. The molecule has 0 unspecified atom stereocenters. The van der Waals surface area contributed by atoms with E-state index < -0.39 is 23.1 Å². The van der Waals surface area contributed by atoms with E-state index in [1.54, 1.807) is 0 Å². The monoisotopic (exact) mass is 708 g/mol. The second-order valence-corrected chi connectivity index (χ2v) is 12.8. The van der Waals surface area contributed by atoms with Crippen molar-refractivity contribution >= 4 is 69.1 Å². The van der Waals surface area contributed by atoms with E-state index in [-0.39, 0.29) is 39.6 Å². The van der Waals surface area contributed by atoms with Crippen molar-refractivity contribution in [2.45, 2.75) is 73.1 Å². The number of aromatic hydroxyl groups is 2. The van der Waals surface area contributed by atoms with Gasteiger partial charge in [0.1, 0.15) is 17.2 Å². The highest BCUT2D eigenvalue weighted by Crippen LogP contribution is 2.53. The summed E-state index contributed by atoms with van der Waals surface area (Å²) in [6, 6.07) is 9.97. The van der Waals surface area contributed by atoms with Crippen molar-refractivity contribution in [3.63, 3.8) is 0 Å². The van der Waals surface area contributed by atoms with Gasteiger partial charge in [-0.15, -0.1) is 0 Å². The van der Waals surface area contributed by atoms with E-state index in [1.807, 2.05) is 58.9 Å². The molecule has 4 aromatic rings. The number of carbonyl (C=O) groups is 2. The maximum Gasteiger partial charge on any atom is 0.202 e. The zero-order valence-electron chi connectivity index (χ0n) is 27.7. The van der Waals surface area contributed by atoms with Gasteiger partial charge < -0.3 is 25.6 Å². The fraction of sp³-hybridized carbons (Fsp3) is 0.316. The molecule has 1 aliphatic rings. The van der Waals surface area contributed by atoms with Crippen LogP contribution in [-0.2, 0) is 25.7 Å². The Bertz CT molecular complexity index is 1940. The Labute approximate surface area is 296 Å². The molecule has 0 saturated heterocycles. The van der Waals surface area contributed by atoms with E-state index in [0.717, 1.165) is 40.0 Å². The minimum Gasteiger partial charge on any atom is -0.507 e. The second-order valence-electron chi connectivity index (χ2n) is 11.6. The first-order chi connectivity index (χ1) is 23.0. The molecule has 10 heteroatoms. The largest absolute Gasteiger partial charge is 0.507 e. The Morgan fingerprint density at radius 2 is 1.08 bits per heavy atom. The number of aryl methyl sites for hydroxylation is 2. The number of halogens is 3. The van der Waals surface area contributed by atoms with Gasteiger partial charge >= 0.3 is 0 Å². The van der Waals surface area contributed by atoms with Gasteiger partial charge in [-0.2, -0.15) is 0 Å². The number of hydrogen-bond acceptors (Lipinski definition) is 7. The number of anilines is 4. The quantitative estimate of drug-likeness (QED) is 0.0754. The summed E-state index contributed by atoms with van der Waals surface area (Å²) >= 11 is 20.7. The molecule has 0 heterocycles. The number of phenols is 2. The average molecular weight is 710 g/mol. The van der Waals surface area contributed by atoms with Gasteiger partial charge in [0, 0.05) is 21.4 Å². The lowest BCUT2D eigenvalue weighted by Gasteiger charge is -2.29. The molecule has 252 valence electrons. The van der Waals surface area contributed by atoms with Crippen LogP contribution in [-0.4, -0.2) is 28.4 Å². The molecule has 0 aromatic heterocycles. The van der Waals surface area contributed by atoms with Crippen molar-refractivity contribution in [1.29, 1.82) is 0 Å². The molecule has 0 radical (unpaired) electrons. The lowest BCUT2D eigenvalue weighted by molar-refractivity contribution is 0.0971. The predicted molar refractivity (Wildman–Crippen MR) is 195 cm³/mol. The highest BCUT2D eigenvalue weighted by Gasteiger charge is 2.41. The zero-order valence-corrected chi connectivity index (χ0v) is 29.9. The summed E-state index contributed by atoms with van der Waals surface area (Å²) in [5, 5.41) is 29.8. The SMILES string of the molecule is CCCCOc1c(Nc2c(CC)ccc(Cl)c2CC)c(Nc2c(CC)ccc(Cl)c2CC)c(Cl)c2c1C(=O)c1c(O)ccc(O)c1C2=O. The van der Waals surface area contributed by atoms with Gasteiger partial charge in [-0.3, -0.25) is 9.59 Å². The Balaban J connectivity index is 1.93. The number of phenolic OH excluding ortho intramolecular Hbond substituents is 2. The molecule has 0 fully saturated rings. The molecule has 5 rings (SSSR count). The normalized spacial score (nSPS) is 12.2. The van der Waals surface area contributed by atoms with Crippen molar-refractivity contribution in [3.8, 4) is 17.2 Å². The van der Waals surface area contributed by atoms with Gasteiger partial charge in [0.15, 0.2) is 11.5 Å². The van der Waals surface area contributed by atoms with Crippen LogP contribution in [0.1, 0.15) is 102 Å². The van der Waals surface area contributed by atoms with E-state index >= 15 is 0 Å². The van der Waals surface area contributed by atoms with Crippen LogP contribution in [0.15, 0.2) is 36.4 Å². The molecule has 0 aliphatic heterocycles. The van der Waals surface area contributed by atoms with Crippen LogP contribution < -0.4 is 15.4 Å². The van der Waals surface area contributed by atoms with Gasteiger partial charge in [0.2, 0.25) is 5.78 Å². The fourth-order valence-corrected chi connectivity index (χ4v) is 7.20. The summed E-state index contributed by atoms with van der Waals surface area (Å²) in [5.74, 6) is -2.19. The first-order valence-electron chi connectivity index (χ1n) is 16.3. The summed E-state index contributed by atoms with van der Waals surface area (Å²) in [5.41, 5.74) is 4.87. The molecule has 4 N–H and O–H groups in total. The summed E-state index contributed by atoms with van der Waals surface area (Å²) in [4.78, 5) is 28.7. The summed E-state index contributed by atoms with van der Waals surface area (Å²) in [6.07, 6.45) is 4.03. The van der Waals surface area contributed by atoms with E-state index in [0.29, 0.717) is 53.5 Å². The third-order valence-corrected chi connectivity index (χ3v) is 9.95. The van der Waals surface area contributed by atoms with Crippen LogP contribution in [0.25, 0.3) is 0 Å². The van der Waals surface area contributed by atoms with E-state index in [1.165, 1.54) is 12.1 Å². The molecule has 0 saturated carbocycles. The number of rotatable bonds is 12. The zero-order chi connectivity index (χ0) is 34.9. The van der Waals surface area contributed by atoms with Crippen LogP contribution in [0, 0.1) is 0 Å². The van der Waals surface area contributed by atoms with Gasteiger partial charge in [-0.1, -0.05) is 88.0 Å². The Hall–Kier alpha value is -3.91. The standard InChI is InChI=1S/C38H39Cl3N2O5/c1-6-11-18-48-38-30-29(36(46)27-25(44)16-17-26(45)28(27)37(30)47)31(41)34(42-32-19(7-2)12-14-23(39)21(32)9-4)35(38)43-33-20(8-3)13-15-24(40)22(33)10-5/h12-17,42-45H,6-11,18H2,1-5H3. The molecule has 0 bridgehead atoms. The van der Waals surface area contributed by atoms with Crippen molar-refractivity contribution in [1.82, 2.24) is 0 Å². The highest BCUT2D eigenvalue weighted by atomic mass is 35.5. The highest BCUT2D eigenvalue weighted by molar-refractivity contribution is 6.43. The average Bonchev–Trinajstić information content (AvgIpc) is 3.07. The van der Waals surface area contributed by atoms with Crippen LogP contribution in [0.5, 0.6) is 17.2 Å². The Kier molecular flexibility index (Phi) is 10.8. The van der Waals surface area contributed by atoms with Crippen LogP contribution in [0.4, 0.5) is 22.7 Å². The van der Waals surface area contributed by atoms with Crippen LogP contribution >= 0.6 is 34.8 Å². The lowest BCUT2D eigenvalue weighted by Crippen LogP contribution is -2.24. The fourth-order valence-electron chi connectivity index (χ4n) is 6.30. The smallest absolute Gasteiger partial charge is 0.202 e. The van der Waals surface area contributed by atoms with Crippen LogP contribution in [0.3, 0.4) is 0 Å². The molecule has 4 aromatic carbocycles. The van der Waals surface area contributed by atoms with Crippen LogP contribution in [0.2, 0.25) is 15.1 Å². The number of fused-ring (bicyclic) bond motifs is 2. The van der Waals surface area contributed by atoms with Gasteiger partial charge in [0.05, 0.1) is 39.6 Å². The second kappa shape index (κ2) is 14.7. The predicted octanol–water partition coefficient (Wildman–Crippen LogP) is 10.7. The molecule has 0 spiro atoms. The number of ether oxygens (including phenoxy) is 1. The maximum atomic E-state index is 14.4. The number of nitrogens with one attached hydrogen (secondary N) is 2. The van der Waals surface area contributed by atoms with E-state index in [4.69, 9.17) is 39.5 Å². The number of benzene rings is 4. The molecule has 0 amide bonds. The molecule has 1 aliphatic carbocycles.